The molecule has 0 saturated carbocycles. The summed E-state index contributed by atoms with van der Waals surface area (Å²) in [6.45, 7) is 3.86. The number of ketones is 1. The molecule has 0 saturated heterocycles. The van der Waals surface area contributed by atoms with E-state index in [2.05, 4.69) is 20.9 Å². The molecule has 0 N–H and O–H groups in total. The van der Waals surface area contributed by atoms with Crippen molar-refractivity contribution >= 4 is 33.3 Å². The van der Waals surface area contributed by atoms with E-state index in [0.717, 1.165) is 21.2 Å². The van der Waals surface area contributed by atoms with Crippen LogP contribution in [0.2, 0.25) is 5.02 Å². The van der Waals surface area contributed by atoms with Gasteiger partial charge in [-0.25, -0.2) is 0 Å². The molecule has 0 bridgehead atoms. The first-order valence-corrected chi connectivity index (χ1v) is 7.05. The van der Waals surface area contributed by atoms with Gasteiger partial charge < -0.3 is 0 Å². The van der Waals surface area contributed by atoms with Crippen molar-refractivity contribution in [1.29, 1.82) is 0 Å². The lowest BCUT2D eigenvalue weighted by atomic mass is 10.0. The molecule has 4 heteroatoms. The van der Waals surface area contributed by atoms with Crippen LogP contribution < -0.4 is 0 Å². The quantitative estimate of drug-likeness (QED) is 0.769. The average molecular weight is 339 g/mol. The normalized spacial score (nSPS) is 10.5. The van der Waals surface area contributed by atoms with Gasteiger partial charge in [-0.05, 0) is 42.7 Å². The Morgan fingerprint density at radius 2 is 2.05 bits per heavy atom. The predicted molar refractivity (Wildman–Crippen MR) is 80.9 cm³/mol. The minimum absolute atomic E-state index is 0.0123. The number of carbonyl (C=O) groups is 1. The van der Waals surface area contributed by atoms with Crippen LogP contribution in [0.1, 0.15) is 27.2 Å². The smallest absolute Gasteiger partial charge is 0.185 e. The Kier molecular flexibility index (Phi) is 4.38. The van der Waals surface area contributed by atoms with Crippen molar-refractivity contribution < 1.29 is 4.79 Å². The van der Waals surface area contributed by atoms with Gasteiger partial charge in [0.25, 0.3) is 0 Å². The fourth-order valence-electron chi connectivity index (χ4n) is 1.93. The van der Waals surface area contributed by atoms with E-state index >= 15 is 0 Å². The SMILES string of the molecule is Cc1cnc(C(=O)Cc2ccc(Br)cc2Cl)c(C)c1. The van der Waals surface area contributed by atoms with Crippen LogP contribution in [0.5, 0.6) is 0 Å². The van der Waals surface area contributed by atoms with E-state index in [1.165, 1.54) is 0 Å². The summed E-state index contributed by atoms with van der Waals surface area (Å²) < 4.78 is 0.901. The first kappa shape index (κ1) is 14.2. The number of hydrogen-bond acceptors (Lipinski definition) is 2. The third-order valence-corrected chi connectivity index (χ3v) is 3.69. The number of aromatic nitrogens is 1. The number of carbonyl (C=O) groups excluding carboxylic acids is 1. The van der Waals surface area contributed by atoms with Crippen LogP contribution in [0, 0.1) is 13.8 Å². The molecule has 0 unspecified atom stereocenters. The second kappa shape index (κ2) is 5.85. The summed E-state index contributed by atoms with van der Waals surface area (Å²) in [5.41, 5.74) is 3.29. The van der Waals surface area contributed by atoms with Crippen LogP contribution in [-0.4, -0.2) is 10.8 Å². The van der Waals surface area contributed by atoms with Crippen molar-refractivity contribution in [3.63, 3.8) is 0 Å². The van der Waals surface area contributed by atoms with Gasteiger partial charge >= 0.3 is 0 Å². The number of rotatable bonds is 3. The Labute approximate surface area is 126 Å². The summed E-state index contributed by atoms with van der Waals surface area (Å²) in [4.78, 5) is 16.5. The Morgan fingerprint density at radius 1 is 1.32 bits per heavy atom. The molecule has 1 heterocycles. The number of nitrogens with zero attached hydrogens (tertiary/aromatic N) is 1. The highest BCUT2D eigenvalue weighted by Crippen LogP contribution is 2.23. The summed E-state index contributed by atoms with van der Waals surface area (Å²) in [7, 11) is 0. The maximum absolute atomic E-state index is 12.3. The molecular weight excluding hydrogens is 326 g/mol. The highest BCUT2D eigenvalue weighted by Gasteiger charge is 2.13. The Hall–Kier alpha value is -1.19. The minimum Gasteiger partial charge on any atom is -0.292 e. The molecule has 19 heavy (non-hydrogen) atoms. The van der Waals surface area contributed by atoms with Gasteiger partial charge in [0.2, 0.25) is 0 Å². The lowest BCUT2D eigenvalue weighted by Gasteiger charge is -2.07. The zero-order valence-corrected chi connectivity index (χ0v) is 13.0. The molecule has 1 aromatic carbocycles. The predicted octanol–water partition coefficient (Wildman–Crippen LogP) is 4.54. The maximum atomic E-state index is 12.3. The van der Waals surface area contributed by atoms with Gasteiger partial charge in [0.15, 0.2) is 5.78 Å². The first-order chi connectivity index (χ1) is 8.97. The van der Waals surface area contributed by atoms with E-state index in [-0.39, 0.29) is 12.2 Å². The van der Waals surface area contributed by atoms with E-state index in [0.29, 0.717) is 10.7 Å². The lowest BCUT2D eigenvalue weighted by molar-refractivity contribution is 0.0987. The first-order valence-electron chi connectivity index (χ1n) is 5.88. The Morgan fingerprint density at radius 3 is 2.68 bits per heavy atom. The molecule has 0 aliphatic carbocycles. The Balaban J connectivity index is 2.25. The van der Waals surface area contributed by atoms with Gasteiger partial charge in [-0.15, -0.1) is 0 Å². The van der Waals surface area contributed by atoms with Crippen LogP contribution in [0.4, 0.5) is 0 Å². The van der Waals surface area contributed by atoms with Gasteiger partial charge in [0.05, 0.1) is 0 Å². The van der Waals surface area contributed by atoms with Crippen LogP contribution in [0.25, 0.3) is 0 Å². The summed E-state index contributed by atoms with van der Waals surface area (Å²) in [5, 5.41) is 0.590. The van der Waals surface area contributed by atoms with Gasteiger partial charge in [0.1, 0.15) is 5.69 Å². The molecule has 2 aromatic rings. The maximum Gasteiger partial charge on any atom is 0.185 e. The van der Waals surface area contributed by atoms with Gasteiger partial charge in [-0.3, -0.25) is 9.78 Å². The van der Waals surface area contributed by atoms with Crippen molar-refractivity contribution in [1.82, 2.24) is 4.98 Å². The van der Waals surface area contributed by atoms with Gasteiger partial charge in [0, 0.05) is 22.1 Å². The number of benzene rings is 1. The van der Waals surface area contributed by atoms with Gasteiger partial charge in [-0.2, -0.15) is 0 Å². The van der Waals surface area contributed by atoms with Crippen molar-refractivity contribution in [2.75, 3.05) is 0 Å². The van der Waals surface area contributed by atoms with E-state index in [4.69, 9.17) is 11.6 Å². The average Bonchev–Trinajstić information content (AvgIpc) is 2.32. The van der Waals surface area contributed by atoms with Crippen molar-refractivity contribution in [2.24, 2.45) is 0 Å². The third kappa shape index (κ3) is 3.43. The van der Waals surface area contributed by atoms with E-state index in [9.17, 15) is 4.79 Å². The second-order valence-corrected chi connectivity index (χ2v) is 5.84. The summed E-state index contributed by atoms with van der Waals surface area (Å²) >= 11 is 9.47. The van der Waals surface area contributed by atoms with Crippen LogP contribution in [0.3, 0.4) is 0 Å². The topological polar surface area (TPSA) is 30.0 Å². The monoisotopic (exact) mass is 337 g/mol. The zero-order valence-electron chi connectivity index (χ0n) is 10.7. The molecule has 98 valence electrons. The largest absolute Gasteiger partial charge is 0.292 e. The molecule has 1 aromatic heterocycles. The molecule has 2 nitrogen and oxygen atoms in total. The fraction of sp³-hybridized carbons (Fsp3) is 0.200. The van der Waals surface area contributed by atoms with Crippen LogP contribution in [-0.2, 0) is 6.42 Å². The molecule has 2 rings (SSSR count). The summed E-state index contributed by atoms with van der Waals surface area (Å²) in [6, 6.07) is 7.49. The summed E-state index contributed by atoms with van der Waals surface area (Å²) in [5.74, 6) is -0.0123. The van der Waals surface area contributed by atoms with Crippen molar-refractivity contribution in [3.8, 4) is 0 Å². The number of halogens is 2. The number of aryl methyl sites for hydroxylation is 2. The molecular formula is C15H13BrClNO. The molecule has 0 aliphatic heterocycles. The van der Waals surface area contributed by atoms with E-state index in [1.807, 2.05) is 32.0 Å². The number of pyridine rings is 1. The highest BCUT2D eigenvalue weighted by molar-refractivity contribution is 9.10. The number of hydrogen-bond donors (Lipinski definition) is 0. The number of Topliss-reactive ketones (excluding diaryl/α,β-unsaturated/α-hetero) is 1. The molecule has 0 amide bonds. The molecule has 0 spiro atoms. The van der Waals surface area contributed by atoms with Crippen molar-refractivity contribution in [2.45, 2.75) is 20.3 Å². The molecule has 0 aliphatic rings. The fourth-order valence-corrected chi connectivity index (χ4v) is 2.67. The summed E-state index contributed by atoms with van der Waals surface area (Å²) in [6.07, 6.45) is 1.98. The third-order valence-electron chi connectivity index (χ3n) is 2.85. The standard InChI is InChI=1S/C15H13BrClNO/c1-9-5-10(2)15(18-8-9)14(19)6-11-3-4-12(16)7-13(11)17/h3-5,7-8H,6H2,1-2H3. The lowest BCUT2D eigenvalue weighted by Crippen LogP contribution is -2.08. The van der Waals surface area contributed by atoms with Crippen molar-refractivity contribution in [3.05, 3.63) is 62.3 Å². The molecule has 0 radical (unpaired) electrons. The van der Waals surface area contributed by atoms with E-state index in [1.54, 1.807) is 12.3 Å². The van der Waals surface area contributed by atoms with E-state index < -0.39 is 0 Å². The molecule has 0 fully saturated rings. The minimum atomic E-state index is -0.0123. The second-order valence-electron chi connectivity index (χ2n) is 4.51. The highest BCUT2D eigenvalue weighted by atomic mass is 79.9. The zero-order chi connectivity index (χ0) is 14.0. The Bertz CT molecular complexity index is 640. The van der Waals surface area contributed by atoms with Gasteiger partial charge in [-0.1, -0.05) is 39.7 Å². The van der Waals surface area contributed by atoms with Crippen LogP contribution >= 0.6 is 27.5 Å². The van der Waals surface area contributed by atoms with Crippen LogP contribution in [0.15, 0.2) is 34.9 Å². The molecule has 0 atom stereocenters.